The summed E-state index contributed by atoms with van der Waals surface area (Å²) in [5, 5.41) is 8.28. The molecule has 0 unspecified atom stereocenters. The SMILES string of the molecule is C=CCn1c(S[C@@H](C)C(=O)Nc2ccc(S(N)(=O)=O)cc2)nc2sc(C)c(C)c2c1=O. The first-order valence-corrected chi connectivity index (χ1v) is 12.5. The van der Waals surface area contributed by atoms with Crippen molar-refractivity contribution in [1.29, 1.82) is 0 Å². The van der Waals surface area contributed by atoms with E-state index in [1.165, 1.54) is 51.9 Å². The van der Waals surface area contributed by atoms with E-state index in [4.69, 9.17) is 5.14 Å². The first kappa shape index (κ1) is 23.2. The van der Waals surface area contributed by atoms with Crippen LogP contribution in [0.1, 0.15) is 17.4 Å². The number of carbonyl (C=O) groups is 1. The monoisotopic (exact) mass is 478 g/mol. The van der Waals surface area contributed by atoms with Crippen molar-refractivity contribution < 1.29 is 13.2 Å². The standard InChI is InChI=1S/C20H22N4O4S3/c1-5-10-24-19(26)16-11(2)12(3)29-18(16)23-20(24)30-13(4)17(25)22-14-6-8-15(9-7-14)31(21,27)28/h5-9,13H,1,10H2,2-4H3,(H,22,25)(H2,21,27,28)/t13-/m0/s1. The number of carbonyl (C=O) groups excluding carboxylic acids is 1. The van der Waals surface area contributed by atoms with Gasteiger partial charge in [-0.15, -0.1) is 17.9 Å². The van der Waals surface area contributed by atoms with Gasteiger partial charge < -0.3 is 5.32 Å². The first-order chi connectivity index (χ1) is 14.5. The second kappa shape index (κ2) is 8.95. The van der Waals surface area contributed by atoms with Crippen LogP contribution in [-0.4, -0.2) is 29.1 Å². The van der Waals surface area contributed by atoms with Gasteiger partial charge in [0.15, 0.2) is 5.16 Å². The summed E-state index contributed by atoms with van der Waals surface area (Å²) in [7, 11) is -3.80. The maximum absolute atomic E-state index is 13.0. The van der Waals surface area contributed by atoms with Crippen molar-refractivity contribution in [1.82, 2.24) is 9.55 Å². The van der Waals surface area contributed by atoms with Gasteiger partial charge in [0.2, 0.25) is 15.9 Å². The Labute approximate surface area is 188 Å². The molecular formula is C20H22N4O4S3. The number of fused-ring (bicyclic) bond motifs is 1. The fraction of sp³-hybridized carbons (Fsp3) is 0.250. The molecule has 31 heavy (non-hydrogen) atoms. The van der Waals surface area contributed by atoms with Gasteiger partial charge in [-0.05, 0) is 50.6 Å². The molecule has 164 valence electrons. The molecular weight excluding hydrogens is 456 g/mol. The van der Waals surface area contributed by atoms with E-state index in [1.54, 1.807) is 13.0 Å². The highest BCUT2D eigenvalue weighted by atomic mass is 32.2. The van der Waals surface area contributed by atoms with Crippen molar-refractivity contribution >= 4 is 54.9 Å². The van der Waals surface area contributed by atoms with Crippen LogP contribution < -0.4 is 16.0 Å². The second-order valence-corrected chi connectivity index (χ2v) is 11.0. The van der Waals surface area contributed by atoms with Crippen LogP contribution in [0.5, 0.6) is 0 Å². The topological polar surface area (TPSA) is 124 Å². The molecule has 0 radical (unpaired) electrons. The third-order valence-electron chi connectivity index (χ3n) is 4.67. The summed E-state index contributed by atoms with van der Waals surface area (Å²) < 4.78 is 24.2. The Hall–Kier alpha value is -2.47. The Balaban J connectivity index is 1.85. The van der Waals surface area contributed by atoms with Crippen LogP contribution in [0.25, 0.3) is 10.2 Å². The maximum atomic E-state index is 13.0. The Morgan fingerprint density at radius 2 is 2.00 bits per heavy atom. The van der Waals surface area contributed by atoms with Crippen molar-refractivity contribution in [3.63, 3.8) is 0 Å². The summed E-state index contributed by atoms with van der Waals surface area (Å²) >= 11 is 2.62. The van der Waals surface area contributed by atoms with E-state index in [1.807, 2.05) is 13.8 Å². The van der Waals surface area contributed by atoms with Gasteiger partial charge in [-0.25, -0.2) is 18.5 Å². The number of rotatable bonds is 7. The van der Waals surface area contributed by atoms with Crippen molar-refractivity contribution in [2.75, 3.05) is 5.32 Å². The number of hydrogen-bond donors (Lipinski definition) is 2. The summed E-state index contributed by atoms with van der Waals surface area (Å²) in [4.78, 5) is 32.0. The zero-order valence-corrected chi connectivity index (χ0v) is 19.7. The van der Waals surface area contributed by atoms with Crippen molar-refractivity contribution in [3.8, 4) is 0 Å². The van der Waals surface area contributed by atoms with Crippen molar-refractivity contribution in [3.05, 3.63) is 57.7 Å². The van der Waals surface area contributed by atoms with Crippen LogP contribution in [0, 0.1) is 13.8 Å². The number of aromatic nitrogens is 2. The van der Waals surface area contributed by atoms with E-state index in [0.29, 0.717) is 21.1 Å². The third-order valence-corrected chi connectivity index (χ3v) is 7.79. The summed E-state index contributed by atoms with van der Waals surface area (Å²) in [6, 6.07) is 5.57. The van der Waals surface area contributed by atoms with Crippen molar-refractivity contribution in [2.45, 2.75) is 42.6 Å². The minimum atomic E-state index is -3.80. The number of amides is 1. The summed E-state index contributed by atoms with van der Waals surface area (Å²) in [6.45, 7) is 9.55. The number of benzene rings is 1. The van der Waals surface area contributed by atoms with Gasteiger partial charge in [-0.2, -0.15) is 0 Å². The highest BCUT2D eigenvalue weighted by Crippen LogP contribution is 2.30. The molecule has 2 aromatic heterocycles. The summed E-state index contributed by atoms with van der Waals surface area (Å²) in [5.41, 5.74) is 1.20. The van der Waals surface area contributed by atoms with E-state index >= 15 is 0 Å². The molecule has 0 saturated heterocycles. The number of sulfonamides is 1. The van der Waals surface area contributed by atoms with Gasteiger partial charge in [-0.3, -0.25) is 14.2 Å². The van der Waals surface area contributed by atoms with Crippen LogP contribution in [0.15, 0.2) is 51.8 Å². The molecule has 3 N–H and O–H groups in total. The lowest BCUT2D eigenvalue weighted by Crippen LogP contribution is -2.26. The van der Waals surface area contributed by atoms with Crippen LogP contribution in [0.2, 0.25) is 0 Å². The largest absolute Gasteiger partial charge is 0.325 e. The predicted molar refractivity (Wildman–Crippen MR) is 125 cm³/mol. The van der Waals surface area contributed by atoms with E-state index < -0.39 is 15.3 Å². The Morgan fingerprint density at radius 1 is 1.35 bits per heavy atom. The molecule has 2 heterocycles. The van der Waals surface area contributed by atoms with Crippen LogP contribution in [0.3, 0.4) is 0 Å². The van der Waals surface area contributed by atoms with Crippen LogP contribution in [0.4, 0.5) is 5.69 Å². The Bertz CT molecular complexity index is 1330. The van der Waals surface area contributed by atoms with Gasteiger partial charge in [0.1, 0.15) is 4.83 Å². The molecule has 0 saturated carbocycles. The van der Waals surface area contributed by atoms with Gasteiger partial charge in [-0.1, -0.05) is 17.8 Å². The molecule has 1 aromatic carbocycles. The maximum Gasteiger partial charge on any atom is 0.263 e. The fourth-order valence-corrected chi connectivity index (χ4v) is 5.38. The molecule has 0 spiro atoms. The minimum absolute atomic E-state index is 0.0413. The number of thioether (sulfide) groups is 1. The Kier molecular flexibility index (Phi) is 6.70. The fourth-order valence-electron chi connectivity index (χ4n) is 2.87. The number of thiophene rings is 1. The number of allylic oxidation sites excluding steroid dienone is 1. The zero-order chi connectivity index (χ0) is 22.9. The molecule has 1 atom stereocenters. The average molecular weight is 479 g/mol. The van der Waals surface area contributed by atoms with E-state index in [9.17, 15) is 18.0 Å². The van der Waals surface area contributed by atoms with Crippen molar-refractivity contribution in [2.24, 2.45) is 5.14 Å². The summed E-state index contributed by atoms with van der Waals surface area (Å²) in [6.07, 6.45) is 1.62. The molecule has 0 fully saturated rings. The predicted octanol–water partition coefficient (Wildman–Crippen LogP) is 3.03. The highest BCUT2D eigenvalue weighted by Gasteiger charge is 2.21. The number of aryl methyl sites for hydroxylation is 2. The second-order valence-electron chi connectivity index (χ2n) is 6.88. The molecule has 3 aromatic rings. The minimum Gasteiger partial charge on any atom is -0.325 e. The molecule has 0 aliphatic carbocycles. The molecule has 8 nitrogen and oxygen atoms in total. The van der Waals surface area contributed by atoms with Gasteiger partial charge in [0.25, 0.3) is 5.56 Å². The third kappa shape index (κ3) is 4.90. The number of anilines is 1. The normalized spacial score (nSPS) is 12.6. The molecule has 11 heteroatoms. The molecule has 0 bridgehead atoms. The molecule has 0 aliphatic rings. The average Bonchev–Trinajstić information content (AvgIpc) is 2.98. The Morgan fingerprint density at radius 3 is 2.58 bits per heavy atom. The van der Waals surface area contributed by atoms with Crippen LogP contribution >= 0.6 is 23.1 Å². The molecule has 0 aliphatic heterocycles. The molecule has 3 rings (SSSR count). The van der Waals surface area contributed by atoms with Gasteiger partial charge in [0, 0.05) is 17.1 Å². The lowest BCUT2D eigenvalue weighted by Gasteiger charge is -2.15. The number of primary sulfonamides is 1. The first-order valence-electron chi connectivity index (χ1n) is 9.24. The van der Waals surface area contributed by atoms with E-state index in [-0.39, 0.29) is 22.9 Å². The van der Waals surface area contributed by atoms with Gasteiger partial charge >= 0.3 is 0 Å². The van der Waals surface area contributed by atoms with E-state index in [2.05, 4.69) is 16.9 Å². The van der Waals surface area contributed by atoms with Gasteiger partial charge in [0.05, 0.1) is 15.5 Å². The lowest BCUT2D eigenvalue weighted by atomic mass is 10.2. The number of hydrogen-bond acceptors (Lipinski definition) is 7. The quantitative estimate of drug-likeness (QED) is 0.306. The number of nitrogens with two attached hydrogens (primary N) is 1. The number of nitrogens with zero attached hydrogens (tertiary/aromatic N) is 2. The van der Waals surface area contributed by atoms with Crippen LogP contribution in [-0.2, 0) is 21.4 Å². The highest BCUT2D eigenvalue weighted by molar-refractivity contribution is 8.00. The van der Waals surface area contributed by atoms with E-state index in [0.717, 1.165) is 10.4 Å². The summed E-state index contributed by atoms with van der Waals surface area (Å²) in [5.74, 6) is -0.314. The lowest BCUT2D eigenvalue weighted by molar-refractivity contribution is -0.115. The number of nitrogens with one attached hydrogen (secondary N) is 1. The molecule has 1 amide bonds. The smallest absolute Gasteiger partial charge is 0.263 e. The zero-order valence-electron chi connectivity index (χ0n) is 17.2.